The van der Waals surface area contributed by atoms with Crippen LogP contribution in [0.15, 0.2) is 48.5 Å². The molecule has 2 amide bonds. The first kappa shape index (κ1) is 19.5. The normalized spacial score (nSPS) is 20.1. The molecule has 146 valence electrons. The van der Waals surface area contributed by atoms with Gasteiger partial charge in [0.1, 0.15) is 5.82 Å². The van der Waals surface area contributed by atoms with Gasteiger partial charge in [0.2, 0.25) is 11.8 Å². The molecule has 1 heterocycles. The number of carbonyl (C=O) groups is 3. The number of hydrogen-bond donors (Lipinski definition) is 2. The number of hydrogen-bond acceptors (Lipinski definition) is 3. The second kappa shape index (κ2) is 7.80. The van der Waals surface area contributed by atoms with Crippen molar-refractivity contribution in [2.24, 2.45) is 5.92 Å². The van der Waals surface area contributed by atoms with E-state index in [1.807, 2.05) is 0 Å². The number of nitrogens with one attached hydrogen (secondary N) is 1. The fourth-order valence-corrected chi connectivity index (χ4v) is 3.45. The molecule has 3 unspecified atom stereocenters. The third-order valence-electron chi connectivity index (χ3n) is 5.18. The number of rotatable bonds is 5. The zero-order valence-corrected chi connectivity index (χ0v) is 15.6. The van der Waals surface area contributed by atoms with Crippen LogP contribution < -0.4 is 5.32 Å². The van der Waals surface area contributed by atoms with Crippen molar-refractivity contribution in [1.82, 2.24) is 4.90 Å². The zero-order valence-electron chi connectivity index (χ0n) is 15.6. The largest absolute Gasteiger partial charge is 0.481 e. The van der Waals surface area contributed by atoms with Crippen molar-refractivity contribution >= 4 is 23.5 Å². The summed E-state index contributed by atoms with van der Waals surface area (Å²) in [5.41, 5.74) is 1.84. The molecule has 7 heteroatoms. The highest BCUT2D eigenvalue weighted by Gasteiger charge is 2.42. The van der Waals surface area contributed by atoms with Gasteiger partial charge in [-0.2, -0.15) is 0 Å². The molecule has 0 spiro atoms. The van der Waals surface area contributed by atoms with Gasteiger partial charge in [-0.25, -0.2) is 4.39 Å². The van der Waals surface area contributed by atoms with Crippen LogP contribution in [-0.4, -0.2) is 34.8 Å². The molecule has 0 aliphatic carbocycles. The van der Waals surface area contributed by atoms with Gasteiger partial charge in [0.15, 0.2) is 0 Å². The standard InChI is InChI=1S/C21H21FN2O4/c1-12(21(27)28)13-5-9-16(10-6-13)23-20(26)17-11-18(25)24(2)19(17)14-3-7-15(22)8-4-14/h3-10,12,17,19H,11H2,1-2H3,(H,23,26)(H,27,28). The molecule has 1 fully saturated rings. The molecule has 1 aliphatic heterocycles. The van der Waals surface area contributed by atoms with E-state index in [0.29, 0.717) is 16.8 Å². The van der Waals surface area contributed by atoms with Crippen LogP contribution in [0.1, 0.15) is 36.4 Å². The number of benzene rings is 2. The number of amides is 2. The van der Waals surface area contributed by atoms with E-state index in [1.54, 1.807) is 50.4 Å². The van der Waals surface area contributed by atoms with Crippen molar-refractivity contribution in [3.8, 4) is 0 Å². The molecule has 6 nitrogen and oxygen atoms in total. The Hall–Kier alpha value is -3.22. The Morgan fingerprint density at radius 2 is 1.75 bits per heavy atom. The highest BCUT2D eigenvalue weighted by Crippen LogP contribution is 2.37. The minimum atomic E-state index is -0.925. The molecule has 2 aromatic rings. The van der Waals surface area contributed by atoms with Crippen molar-refractivity contribution in [2.75, 3.05) is 12.4 Å². The molecule has 0 aromatic heterocycles. The number of carbonyl (C=O) groups excluding carboxylic acids is 2. The van der Waals surface area contributed by atoms with Crippen molar-refractivity contribution < 1.29 is 23.9 Å². The molecule has 2 N–H and O–H groups in total. The predicted octanol–water partition coefficient (Wildman–Crippen LogP) is 3.17. The number of nitrogens with zero attached hydrogens (tertiary/aromatic N) is 1. The molecule has 1 saturated heterocycles. The molecule has 0 radical (unpaired) electrons. The lowest BCUT2D eigenvalue weighted by Crippen LogP contribution is -2.30. The quantitative estimate of drug-likeness (QED) is 0.829. The lowest BCUT2D eigenvalue weighted by Gasteiger charge is -2.25. The fourth-order valence-electron chi connectivity index (χ4n) is 3.45. The maximum absolute atomic E-state index is 13.2. The molecule has 0 bridgehead atoms. The van der Waals surface area contributed by atoms with Gasteiger partial charge < -0.3 is 15.3 Å². The van der Waals surface area contributed by atoms with Crippen LogP contribution in [0, 0.1) is 11.7 Å². The summed E-state index contributed by atoms with van der Waals surface area (Å²) in [4.78, 5) is 37.6. The van der Waals surface area contributed by atoms with E-state index in [-0.39, 0.29) is 24.1 Å². The average molecular weight is 384 g/mol. The predicted molar refractivity (Wildman–Crippen MR) is 101 cm³/mol. The van der Waals surface area contributed by atoms with Gasteiger partial charge in [0, 0.05) is 19.2 Å². The summed E-state index contributed by atoms with van der Waals surface area (Å²) in [5, 5.41) is 11.9. The molecular formula is C21H21FN2O4. The summed E-state index contributed by atoms with van der Waals surface area (Å²) in [5.74, 6) is -3.03. The van der Waals surface area contributed by atoms with Crippen LogP contribution in [0.2, 0.25) is 0 Å². The van der Waals surface area contributed by atoms with Crippen molar-refractivity contribution in [3.05, 3.63) is 65.5 Å². The number of halogens is 1. The first-order valence-electron chi connectivity index (χ1n) is 8.92. The molecular weight excluding hydrogens is 363 g/mol. The maximum Gasteiger partial charge on any atom is 0.310 e. The second-order valence-electron chi connectivity index (χ2n) is 6.98. The van der Waals surface area contributed by atoms with E-state index < -0.39 is 23.8 Å². The minimum absolute atomic E-state index is 0.0680. The van der Waals surface area contributed by atoms with E-state index in [0.717, 1.165) is 0 Å². The first-order chi connectivity index (χ1) is 13.3. The van der Waals surface area contributed by atoms with Gasteiger partial charge in [-0.1, -0.05) is 24.3 Å². The summed E-state index contributed by atoms with van der Waals surface area (Å²) < 4.78 is 13.2. The molecule has 28 heavy (non-hydrogen) atoms. The van der Waals surface area contributed by atoms with Gasteiger partial charge in [0.05, 0.1) is 17.9 Å². The molecule has 1 aliphatic rings. The van der Waals surface area contributed by atoms with E-state index in [9.17, 15) is 18.8 Å². The Labute approximate surface area is 162 Å². The van der Waals surface area contributed by atoms with Gasteiger partial charge in [-0.15, -0.1) is 0 Å². The van der Waals surface area contributed by atoms with Crippen LogP contribution in [-0.2, 0) is 14.4 Å². The average Bonchev–Trinajstić information content (AvgIpc) is 2.97. The fraction of sp³-hybridized carbons (Fsp3) is 0.286. The Balaban J connectivity index is 1.77. The van der Waals surface area contributed by atoms with Gasteiger partial charge in [0.25, 0.3) is 0 Å². The van der Waals surface area contributed by atoms with E-state index in [2.05, 4.69) is 5.32 Å². The van der Waals surface area contributed by atoms with Crippen LogP contribution in [0.5, 0.6) is 0 Å². The maximum atomic E-state index is 13.2. The Morgan fingerprint density at radius 1 is 1.14 bits per heavy atom. The number of likely N-dealkylation sites (tertiary alicyclic amines) is 1. The molecule has 3 rings (SSSR count). The number of aliphatic carboxylic acids is 1. The highest BCUT2D eigenvalue weighted by molar-refractivity contribution is 5.98. The van der Waals surface area contributed by atoms with Crippen LogP contribution in [0.4, 0.5) is 10.1 Å². The van der Waals surface area contributed by atoms with Crippen LogP contribution in [0.3, 0.4) is 0 Å². The SMILES string of the molecule is CC(C(=O)O)c1ccc(NC(=O)C2CC(=O)N(C)C2c2ccc(F)cc2)cc1. The topological polar surface area (TPSA) is 86.7 Å². The minimum Gasteiger partial charge on any atom is -0.481 e. The molecule has 0 saturated carbocycles. The highest BCUT2D eigenvalue weighted by atomic mass is 19.1. The third kappa shape index (κ3) is 3.88. The van der Waals surface area contributed by atoms with E-state index >= 15 is 0 Å². The summed E-state index contributed by atoms with van der Waals surface area (Å²) in [6.07, 6.45) is 0.0680. The number of carboxylic acid groups (broad SMARTS) is 1. The van der Waals surface area contributed by atoms with Gasteiger partial charge in [-0.3, -0.25) is 14.4 Å². The van der Waals surface area contributed by atoms with Crippen LogP contribution in [0.25, 0.3) is 0 Å². The lowest BCUT2D eigenvalue weighted by atomic mass is 9.92. The third-order valence-corrected chi connectivity index (χ3v) is 5.18. The van der Waals surface area contributed by atoms with Crippen LogP contribution >= 0.6 is 0 Å². The first-order valence-corrected chi connectivity index (χ1v) is 8.92. The Kier molecular flexibility index (Phi) is 5.44. The summed E-state index contributed by atoms with van der Waals surface area (Å²) in [7, 11) is 1.63. The lowest BCUT2D eigenvalue weighted by molar-refractivity contribution is -0.138. The monoisotopic (exact) mass is 384 g/mol. The smallest absolute Gasteiger partial charge is 0.310 e. The van der Waals surface area contributed by atoms with Crippen molar-refractivity contribution in [3.63, 3.8) is 0 Å². The summed E-state index contributed by atoms with van der Waals surface area (Å²) in [6, 6.07) is 11.9. The van der Waals surface area contributed by atoms with E-state index in [1.165, 1.54) is 17.0 Å². The summed E-state index contributed by atoms with van der Waals surface area (Å²) in [6.45, 7) is 1.59. The second-order valence-corrected chi connectivity index (χ2v) is 6.98. The Bertz CT molecular complexity index is 896. The van der Waals surface area contributed by atoms with Crippen molar-refractivity contribution in [1.29, 1.82) is 0 Å². The van der Waals surface area contributed by atoms with E-state index in [4.69, 9.17) is 5.11 Å². The molecule has 3 atom stereocenters. The van der Waals surface area contributed by atoms with Crippen molar-refractivity contribution in [2.45, 2.75) is 25.3 Å². The number of anilines is 1. The number of carboxylic acids is 1. The zero-order chi connectivity index (χ0) is 20.4. The Morgan fingerprint density at radius 3 is 2.32 bits per heavy atom. The van der Waals surface area contributed by atoms with Gasteiger partial charge >= 0.3 is 5.97 Å². The van der Waals surface area contributed by atoms with Gasteiger partial charge in [-0.05, 0) is 42.3 Å². The molecule has 2 aromatic carbocycles. The summed E-state index contributed by atoms with van der Waals surface area (Å²) >= 11 is 0.